The van der Waals surface area contributed by atoms with Crippen molar-refractivity contribution < 1.29 is 0 Å². The molecule has 0 bridgehead atoms. The van der Waals surface area contributed by atoms with Gasteiger partial charge in [-0.05, 0) is 62.1 Å². The first-order valence-corrected chi connectivity index (χ1v) is 7.95. The Morgan fingerprint density at radius 1 is 1.11 bits per heavy atom. The van der Waals surface area contributed by atoms with Crippen molar-refractivity contribution in [3.8, 4) is 0 Å². The van der Waals surface area contributed by atoms with E-state index in [0.717, 1.165) is 16.9 Å². The van der Waals surface area contributed by atoms with Crippen LogP contribution in [0.4, 0.5) is 0 Å². The van der Waals surface area contributed by atoms with E-state index in [4.69, 9.17) is 11.6 Å². The Morgan fingerprint density at radius 3 is 2.37 bits per heavy atom. The molecule has 19 heavy (non-hydrogen) atoms. The average Bonchev–Trinajstić information content (AvgIpc) is 2.39. The molecule has 1 N–H and O–H groups in total. The third-order valence-corrected chi connectivity index (χ3v) is 4.78. The summed E-state index contributed by atoms with van der Waals surface area (Å²) in [6.07, 6.45) is 5.37. The van der Waals surface area contributed by atoms with Crippen LogP contribution in [0, 0.1) is 11.8 Å². The molecular formula is C17H26ClN. The first-order valence-electron chi connectivity index (χ1n) is 7.57. The van der Waals surface area contributed by atoms with E-state index in [1.165, 1.54) is 31.2 Å². The first kappa shape index (κ1) is 14.9. The fourth-order valence-electron chi connectivity index (χ4n) is 3.18. The quantitative estimate of drug-likeness (QED) is 0.798. The molecule has 0 aliphatic heterocycles. The van der Waals surface area contributed by atoms with Crippen molar-refractivity contribution in [3.63, 3.8) is 0 Å². The lowest BCUT2D eigenvalue weighted by Crippen LogP contribution is -2.35. The second-order valence-electron chi connectivity index (χ2n) is 6.30. The minimum Gasteiger partial charge on any atom is -0.307 e. The van der Waals surface area contributed by atoms with Gasteiger partial charge in [-0.15, -0.1) is 0 Å². The Hall–Kier alpha value is -0.530. The molecule has 1 atom stereocenters. The molecule has 0 aromatic heterocycles. The molecular weight excluding hydrogens is 254 g/mol. The topological polar surface area (TPSA) is 12.0 Å². The lowest BCUT2D eigenvalue weighted by Gasteiger charge is -2.33. The maximum atomic E-state index is 6.06. The fourth-order valence-corrected chi connectivity index (χ4v) is 3.38. The van der Waals surface area contributed by atoms with E-state index in [-0.39, 0.29) is 0 Å². The van der Waals surface area contributed by atoms with Gasteiger partial charge in [-0.2, -0.15) is 0 Å². The minimum atomic E-state index is 0.388. The van der Waals surface area contributed by atoms with E-state index in [9.17, 15) is 0 Å². The van der Waals surface area contributed by atoms with Crippen LogP contribution in [-0.2, 0) is 0 Å². The lowest BCUT2D eigenvalue weighted by atomic mass is 9.79. The summed E-state index contributed by atoms with van der Waals surface area (Å²) in [5.41, 5.74) is 1.29. The molecule has 0 heterocycles. The van der Waals surface area contributed by atoms with E-state index in [1.54, 1.807) is 0 Å². The second-order valence-corrected chi connectivity index (χ2v) is 6.74. The highest BCUT2D eigenvalue weighted by Gasteiger charge is 2.24. The second kappa shape index (κ2) is 6.76. The van der Waals surface area contributed by atoms with Crippen molar-refractivity contribution in [2.75, 3.05) is 0 Å². The standard InChI is InChI=1S/C17H26ClN/c1-12(2)14-7-9-17(10-8-14)19-13(3)15-5-4-6-16(18)11-15/h4-6,11-14,17,19H,7-10H2,1-3H3/t13-,14?,17?/m1/s1. The highest BCUT2D eigenvalue weighted by molar-refractivity contribution is 6.30. The Balaban J connectivity index is 1.85. The Morgan fingerprint density at radius 2 is 1.79 bits per heavy atom. The van der Waals surface area contributed by atoms with Crippen LogP contribution in [0.2, 0.25) is 5.02 Å². The van der Waals surface area contributed by atoms with Gasteiger partial charge in [0.2, 0.25) is 0 Å². The van der Waals surface area contributed by atoms with E-state index in [0.29, 0.717) is 12.1 Å². The first-order chi connectivity index (χ1) is 9.06. The summed E-state index contributed by atoms with van der Waals surface area (Å²) in [6, 6.07) is 9.25. The van der Waals surface area contributed by atoms with Crippen molar-refractivity contribution in [2.24, 2.45) is 11.8 Å². The molecule has 1 aliphatic carbocycles. The molecule has 0 radical (unpaired) electrons. The molecule has 2 heteroatoms. The van der Waals surface area contributed by atoms with Crippen molar-refractivity contribution >= 4 is 11.6 Å². The van der Waals surface area contributed by atoms with Crippen LogP contribution in [0.25, 0.3) is 0 Å². The highest BCUT2D eigenvalue weighted by Crippen LogP contribution is 2.31. The van der Waals surface area contributed by atoms with Gasteiger partial charge in [0.25, 0.3) is 0 Å². The Labute approximate surface area is 122 Å². The number of nitrogens with one attached hydrogen (secondary N) is 1. The van der Waals surface area contributed by atoms with E-state index in [2.05, 4.69) is 38.2 Å². The number of rotatable bonds is 4. The van der Waals surface area contributed by atoms with Gasteiger partial charge in [-0.3, -0.25) is 0 Å². The molecule has 0 amide bonds. The van der Waals surface area contributed by atoms with Crippen molar-refractivity contribution in [2.45, 2.75) is 58.5 Å². The predicted molar refractivity (Wildman–Crippen MR) is 83.6 cm³/mol. The summed E-state index contributed by atoms with van der Waals surface area (Å²) in [4.78, 5) is 0. The summed E-state index contributed by atoms with van der Waals surface area (Å²) in [5, 5.41) is 4.59. The summed E-state index contributed by atoms with van der Waals surface area (Å²) in [6.45, 7) is 6.94. The van der Waals surface area contributed by atoms with Crippen LogP contribution in [-0.4, -0.2) is 6.04 Å². The normalized spacial score (nSPS) is 25.5. The van der Waals surface area contributed by atoms with Crippen molar-refractivity contribution in [3.05, 3.63) is 34.9 Å². The molecule has 1 fully saturated rings. The van der Waals surface area contributed by atoms with E-state index >= 15 is 0 Å². The predicted octanol–water partition coefficient (Wildman–Crippen LogP) is 5.21. The monoisotopic (exact) mass is 279 g/mol. The highest BCUT2D eigenvalue weighted by atomic mass is 35.5. The third-order valence-electron chi connectivity index (χ3n) is 4.55. The van der Waals surface area contributed by atoms with Crippen molar-refractivity contribution in [1.29, 1.82) is 0 Å². The largest absolute Gasteiger partial charge is 0.307 e. The Bertz CT molecular complexity index is 394. The zero-order valence-corrected chi connectivity index (χ0v) is 13.1. The van der Waals surface area contributed by atoms with E-state index < -0.39 is 0 Å². The smallest absolute Gasteiger partial charge is 0.0409 e. The molecule has 1 aromatic carbocycles. The molecule has 106 valence electrons. The number of halogens is 1. The summed E-state index contributed by atoms with van der Waals surface area (Å²) >= 11 is 6.06. The number of hydrogen-bond acceptors (Lipinski definition) is 1. The van der Waals surface area contributed by atoms with Gasteiger partial charge in [0.15, 0.2) is 0 Å². The number of benzene rings is 1. The SMILES string of the molecule is CC(C)C1CCC(N[C@H](C)c2cccc(Cl)c2)CC1. The van der Waals surface area contributed by atoms with Gasteiger partial charge in [0, 0.05) is 17.1 Å². The maximum absolute atomic E-state index is 6.06. The van der Waals surface area contributed by atoms with Gasteiger partial charge in [0.1, 0.15) is 0 Å². The van der Waals surface area contributed by atoms with Crippen LogP contribution in [0.15, 0.2) is 24.3 Å². The third kappa shape index (κ3) is 4.22. The molecule has 0 spiro atoms. The summed E-state index contributed by atoms with van der Waals surface area (Å²) in [7, 11) is 0. The summed E-state index contributed by atoms with van der Waals surface area (Å²) < 4.78 is 0. The minimum absolute atomic E-state index is 0.388. The average molecular weight is 280 g/mol. The molecule has 0 unspecified atom stereocenters. The summed E-state index contributed by atoms with van der Waals surface area (Å²) in [5.74, 6) is 1.77. The zero-order chi connectivity index (χ0) is 13.8. The fraction of sp³-hybridized carbons (Fsp3) is 0.647. The van der Waals surface area contributed by atoms with Gasteiger partial charge in [0.05, 0.1) is 0 Å². The van der Waals surface area contributed by atoms with Gasteiger partial charge in [-0.25, -0.2) is 0 Å². The molecule has 1 aromatic rings. The molecule has 1 aliphatic rings. The van der Waals surface area contributed by atoms with Crippen LogP contribution < -0.4 is 5.32 Å². The van der Waals surface area contributed by atoms with E-state index in [1.807, 2.05) is 12.1 Å². The lowest BCUT2D eigenvalue weighted by molar-refractivity contribution is 0.231. The van der Waals surface area contributed by atoms with Gasteiger partial charge < -0.3 is 5.32 Å². The van der Waals surface area contributed by atoms with Crippen LogP contribution >= 0.6 is 11.6 Å². The van der Waals surface area contributed by atoms with Crippen molar-refractivity contribution in [1.82, 2.24) is 5.32 Å². The molecule has 2 rings (SSSR count). The van der Waals surface area contributed by atoms with Crippen LogP contribution in [0.1, 0.15) is 58.1 Å². The zero-order valence-electron chi connectivity index (χ0n) is 12.3. The molecule has 1 nitrogen and oxygen atoms in total. The molecule has 1 saturated carbocycles. The van der Waals surface area contributed by atoms with Gasteiger partial charge >= 0.3 is 0 Å². The Kier molecular flexibility index (Phi) is 5.29. The van der Waals surface area contributed by atoms with Crippen LogP contribution in [0.3, 0.4) is 0 Å². The molecule has 0 saturated heterocycles. The maximum Gasteiger partial charge on any atom is 0.0409 e. The van der Waals surface area contributed by atoms with Gasteiger partial charge in [-0.1, -0.05) is 37.6 Å². The van der Waals surface area contributed by atoms with Crippen LogP contribution in [0.5, 0.6) is 0 Å². The number of hydrogen-bond donors (Lipinski definition) is 1.